The fourth-order valence-corrected chi connectivity index (χ4v) is 3.85. The summed E-state index contributed by atoms with van der Waals surface area (Å²) >= 11 is 9.66. The second-order valence-electron chi connectivity index (χ2n) is 7.17. The van der Waals surface area contributed by atoms with Crippen molar-refractivity contribution in [3.05, 3.63) is 87.2 Å². The molecule has 4 rings (SSSR count). The van der Waals surface area contributed by atoms with E-state index in [0.29, 0.717) is 24.6 Å². The van der Waals surface area contributed by atoms with Gasteiger partial charge in [0.15, 0.2) is 5.76 Å². The number of rotatable bonds is 6. The molecule has 0 unspecified atom stereocenters. The average Bonchev–Trinajstić information content (AvgIpc) is 3.24. The Kier molecular flexibility index (Phi) is 6.77. The molecule has 156 valence electrons. The van der Waals surface area contributed by atoms with E-state index >= 15 is 0 Å². The Morgan fingerprint density at radius 3 is 2.47 bits per heavy atom. The lowest BCUT2D eigenvalue weighted by Crippen LogP contribution is -2.48. The van der Waals surface area contributed by atoms with Gasteiger partial charge in [-0.2, -0.15) is 0 Å². The Morgan fingerprint density at radius 2 is 1.73 bits per heavy atom. The van der Waals surface area contributed by atoms with Crippen molar-refractivity contribution in [3.8, 4) is 5.75 Å². The first-order valence-corrected chi connectivity index (χ1v) is 11.0. The zero-order valence-corrected chi connectivity index (χ0v) is 18.7. The van der Waals surface area contributed by atoms with Crippen LogP contribution in [0.25, 0.3) is 0 Å². The van der Waals surface area contributed by atoms with Crippen LogP contribution in [0.1, 0.15) is 21.9 Å². The molecule has 1 saturated heterocycles. The van der Waals surface area contributed by atoms with Gasteiger partial charge in [-0.25, -0.2) is 0 Å². The number of carbonyl (C=O) groups is 1. The number of amides is 1. The summed E-state index contributed by atoms with van der Waals surface area (Å²) in [6, 6.07) is 19.0. The summed E-state index contributed by atoms with van der Waals surface area (Å²) < 4.78 is 12.4. The molecule has 0 spiro atoms. The molecule has 1 fully saturated rings. The molecule has 0 saturated carbocycles. The zero-order valence-electron chi connectivity index (χ0n) is 16.4. The quantitative estimate of drug-likeness (QED) is 0.475. The van der Waals surface area contributed by atoms with Crippen molar-refractivity contribution < 1.29 is 13.9 Å². The molecule has 0 radical (unpaired) electrons. The summed E-state index contributed by atoms with van der Waals surface area (Å²) in [6.07, 6.45) is 0. The maximum absolute atomic E-state index is 12.8. The molecule has 2 aromatic carbocycles. The van der Waals surface area contributed by atoms with Crippen molar-refractivity contribution in [1.82, 2.24) is 9.80 Å². The van der Waals surface area contributed by atoms with Crippen molar-refractivity contribution in [3.63, 3.8) is 0 Å². The molecular formula is C23H22BrClN2O3. The number of nitrogens with zero attached hydrogens (tertiary/aromatic N) is 2. The maximum Gasteiger partial charge on any atom is 0.289 e. The maximum atomic E-state index is 12.8. The van der Waals surface area contributed by atoms with E-state index < -0.39 is 0 Å². The summed E-state index contributed by atoms with van der Waals surface area (Å²) in [4.78, 5) is 16.9. The highest BCUT2D eigenvalue weighted by Gasteiger charge is 2.24. The van der Waals surface area contributed by atoms with Crippen molar-refractivity contribution >= 4 is 33.4 Å². The van der Waals surface area contributed by atoms with E-state index in [9.17, 15) is 4.79 Å². The van der Waals surface area contributed by atoms with E-state index in [1.54, 1.807) is 12.1 Å². The molecule has 7 heteroatoms. The number of hydrogen-bond donors (Lipinski definition) is 0. The standard InChI is InChI=1S/C23H22BrClN2O3/c24-18-5-7-19(8-6-18)29-16-20-9-10-22(30-20)23(28)27-13-11-26(12-14-27)15-17-3-1-2-4-21(17)25/h1-10H,11-16H2. The van der Waals surface area contributed by atoms with Crippen LogP contribution in [0.4, 0.5) is 0 Å². The van der Waals surface area contributed by atoms with Gasteiger partial charge >= 0.3 is 0 Å². The Balaban J connectivity index is 1.28. The minimum absolute atomic E-state index is 0.0812. The summed E-state index contributed by atoms with van der Waals surface area (Å²) in [5.74, 6) is 1.64. The first-order valence-electron chi connectivity index (χ1n) is 9.80. The van der Waals surface area contributed by atoms with Gasteiger partial charge in [0, 0.05) is 42.2 Å². The number of hydrogen-bond acceptors (Lipinski definition) is 4. The molecule has 1 amide bonds. The lowest BCUT2D eigenvalue weighted by Gasteiger charge is -2.34. The van der Waals surface area contributed by atoms with Gasteiger partial charge in [-0.1, -0.05) is 45.7 Å². The van der Waals surface area contributed by atoms with E-state index in [1.807, 2.05) is 53.4 Å². The number of furan rings is 1. The highest BCUT2D eigenvalue weighted by Crippen LogP contribution is 2.20. The molecule has 5 nitrogen and oxygen atoms in total. The Morgan fingerprint density at radius 1 is 1.00 bits per heavy atom. The van der Waals surface area contributed by atoms with Gasteiger partial charge in [-0.15, -0.1) is 0 Å². The molecule has 0 atom stereocenters. The van der Waals surface area contributed by atoms with E-state index in [-0.39, 0.29) is 12.5 Å². The molecule has 3 aromatic rings. The molecule has 0 bridgehead atoms. The van der Waals surface area contributed by atoms with Crippen molar-refractivity contribution in [1.29, 1.82) is 0 Å². The van der Waals surface area contributed by atoms with Crippen LogP contribution in [0.15, 0.2) is 69.6 Å². The lowest BCUT2D eigenvalue weighted by molar-refractivity contribution is 0.0594. The SMILES string of the molecule is O=C(c1ccc(COc2ccc(Br)cc2)o1)N1CCN(Cc2ccccc2Cl)CC1. The predicted octanol–water partition coefficient (Wildman–Crippen LogP) is 5.23. The lowest BCUT2D eigenvalue weighted by atomic mass is 10.2. The van der Waals surface area contributed by atoms with E-state index in [2.05, 4.69) is 20.8 Å². The predicted molar refractivity (Wildman–Crippen MR) is 120 cm³/mol. The van der Waals surface area contributed by atoms with Crippen molar-refractivity contribution in [2.75, 3.05) is 26.2 Å². The highest BCUT2D eigenvalue weighted by atomic mass is 79.9. The third-order valence-electron chi connectivity index (χ3n) is 5.08. The van der Waals surface area contributed by atoms with Gasteiger partial charge in [0.2, 0.25) is 0 Å². The fourth-order valence-electron chi connectivity index (χ4n) is 3.39. The fraction of sp³-hybridized carbons (Fsp3) is 0.261. The van der Waals surface area contributed by atoms with Gasteiger partial charge in [0.25, 0.3) is 5.91 Å². The summed E-state index contributed by atoms with van der Waals surface area (Å²) in [5.41, 5.74) is 1.11. The first kappa shape index (κ1) is 21.0. The monoisotopic (exact) mass is 488 g/mol. The van der Waals surface area contributed by atoms with Gasteiger partial charge in [0.1, 0.15) is 18.1 Å². The summed E-state index contributed by atoms with van der Waals surface area (Å²) in [5, 5.41) is 0.782. The van der Waals surface area contributed by atoms with E-state index in [4.69, 9.17) is 20.8 Å². The second kappa shape index (κ2) is 9.69. The summed E-state index contributed by atoms with van der Waals surface area (Å²) in [6.45, 7) is 4.00. The average molecular weight is 490 g/mol. The van der Waals surface area contributed by atoms with Crippen LogP contribution < -0.4 is 4.74 Å². The van der Waals surface area contributed by atoms with Crippen LogP contribution in [0.3, 0.4) is 0 Å². The summed E-state index contributed by atoms with van der Waals surface area (Å²) in [7, 11) is 0. The molecule has 2 heterocycles. The zero-order chi connectivity index (χ0) is 20.9. The van der Waals surface area contributed by atoms with Crippen LogP contribution in [0.5, 0.6) is 5.75 Å². The van der Waals surface area contributed by atoms with Crippen LogP contribution in [0, 0.1) is 0 Å². The number of piperazine rings is 1. The van der Waals surface area contributed by atoms with E-state index in [1.165, 1.54) is 0 Å². The molecule has 1 aromatic heterocycles. The minimum atomic E-state index is -0.0812. The number of halogens is 2. The number of carbonyl (C=O) groups excluding carboxylic acids is 1. The Hall–Kier alpha value is -2.28. The van der Waals surface area contributed by atoms with Crippen molar-refractivity contribution in [2.45, 2.75) is 13.2 Å². The molecule has 1 aliphatic rings. The molecule has 1 aliphatic heterocycles. The molecule has 30 heavy (non-hydrogen) atoms. The van der Waals surface area contributed by atoms with Gasteiger partial charge in [0.05, 0.1) is 0 Å². The number of ether oxygens (including phenoxy) is 1. The minimum Gasteiger partial charge on any atom is -0.486 e. The number of benzene rings is 2. The van der Waals surface area contributed by atoms with Gasteiger partial charge < -0.3 is 14.1 Å². The normalized spacial score (nSPS) is 14.7. The van der Waals surface area contributed by atoms with Crippen LogP contribution >= 0.6 is 27.5 Å². The van der Waals surface area contributed by atoms with E-state index in [0.717, 1.165) is 40.4 Å². The van der Waals surface area contributed by atoms with Gasteiger partial charge in [-0.3, -0.25) is 9.69 Å². The Labute approximate surface area is 189 Å². The smallest absolute Gasteiger partial charge is 0.289 e. The Bertz CT molecular complexity index is 998. The van der Waals surface area contributed by atoms with Gasteiger partial charge in [-0.05, 0) is 48.0 Å². The molecule has 0 aliphatic carbocycles. The topological polar surface area (TPSA) is 45.9 Å². The van der Waals surface area contributed by atoms with Crippen LogP contribution in [-0.2, 0) is 13.2 Å². The van der Waals surface area contributed by atoms with Crippen LogP contribution in [0.2, 0.25) is 5.02 Å². The third kappa shape index (κ3) is 5.25. The largest absolute Gasteiger partial charge is 0.486 e. The second-order valence-corrected chi connectivity index (χ2v) is 8.49. The first-order chi connectivity index (χ1) is 14.6. The molecule has 0 N–H and O–H groups in total. The molecular weight excluding hydrogens is 468 g/mol. The third-order valence-corrected chi connectivity index (χ3v) is 5.98. The van der Waals surface area contributed by atoms with Crippen molar-refractivity contribution in [2.24, 2.45) is 0 Å². The highest BCUT2D eigenvalue weighted by molar-refractivity contribution is 9.10. The van der Waals surface area contributed by atoms with Crippen LogP contribution in [-0.4, -0.2) is 41.9 Å².